The van der Waals surface area contributed by atoms with Crippen molar-refractivity contribution >= 4 is 0 Å². The van der Waals surface area contributed by atoms with Crippen molar-refractivity contribution in [2.45, 2.75) is 52.2 Å². The summed E-state index contributed by atoms with van der Waals surface area (Å²) >= 11 is 0. The Morgan fingerprint density at radius 3 is 2.67 bits per heavy atom. The van der Waals surface area contributed by atoms with Gasteiger partial charge in [-0.1, -0.05) is 24.6 Å². The van der Waals surface area contributed by atoms with Gasteiger partial charge in [0.1, 0.15) is 11.9 Å². The van der Waals surface area contributed by atoms with Crippen LogP contribution in [0.4, 0.5) is 0 Å². The molecule has 0 aromatic heterocycles. The van der Waals surface area contributed by atoms with E-state index in [0.29, 0.717) is 12.1 Å². The van der Waals surface area contributed by atoms with E-state index in [1.807, 2.05) is 7.05 Å². The van der Waals surface area contributed by atoms with E-state index >= 15 is 0 Å². The van der Waals surface area contributed by atoms with Gasteiger partial charge in [-0.3, -0.25) is 0 Å². The highest BCUT2D eigenvalue weighted by Crippen LogP contribution is 2.29. The largest absolute Gasteiger partial charge is 0.489 e. The lowest BCUT2D eigenvalue weighted by molar-refractivity contribution is 0.0937. The molecule has 1 aliphatic carbocycles. The number of aryl methyl sites for hydroxylation is 2. The summed E-state index contributed by atoms with van der Waals surface area (Å²) in [5.41, 5.74) is 2.53. The topological polar surface area (TPSA) is 21.3 Å². The van der Waals surface area contributed by atoms with E-state index in [1.165, 1.54) is 24.0 Å². The maximum atomic E-state index is 6.25. The molecule has 0 aliphatic heterocycles. The number of hydrogen-bond donors (Lipinski definition) is 1. The Kier molecular flexibility index (Phi) is 4.28. The van der Waals surface area contributed by atoms with Crippen LogP contribution in [0.2, 0.25) is 0 Å². The third-order valence-electron chi connectivity index (χ3n) is 4.03. The first kappa shape index (κ1) is 13.4. The lowest BCUT2D eigenvalue weighted by Gasteiger charge is -2.35. The van der Waals surface area contributed by atoms with Crippen molar-refractivity contribution in [3.63, 3.8) is 0 Å². The van der Waals surface area contributed by atoms with Gasteiger partial charge in [-0.15, -0.1) is 0 Å². The Balaban J connectivity index is 2.10. The fourth-order valence-corrected chi connectivity index (χ4v) is 2.88. The van der Waals surface area contributed by atoms with Crippen LogP contribution in [0.1, 0.15) is 37.3 Å². The third-order valence-corrected chi connectivity index (χ3v) is 4.03. The lowest BCUT2D eigenvalue weighted by atomic mass is 9.85. The lowest BCUT2D eigenvalue weighted by Crippen LogP contribution is -2.45. The summed E-state index contributed by atoms with van der Waals surface area (Å²) in [5, 5.41) is 3.40. The van der Waals surface area contributed by atoms with Crippen molar-refractivity contribution in [1.82, 2.24) is 5.32 Å². The minimum Gasteiger partial charge on any atom is -0.489 e. The van der Waals surface area contributed by atoms with Crippen molar-refractivity contribution < 1.29 is 4.74 Å². The van der Waals surface area contributed by atoms with Crippen molar-refractivity contribution in [3.05, 3.63) is 29.3 Å². The van der Waals surface area contributed by atoms with Crippen molar-refractivity contribution in [2.24, 2.45) is 5.92 Å². The molecule has 0 saturated heterocycles. The van der Waals surface area contributed by atoms with E-state index < -0.39 is 0 Å². The van der Waals surface area contributed by atoms with Crippen LogP contribution in [-0.2, 0) is 0 Å². The molecule has 1 aliphatic rings. The van der Waals surface area contributed by atoms with E-state index in [2.05, 4.69) is 44.3 Å². The zero-order valence-corrected chi connectivity index (χ0v) is 12.0. The quantitative estimate of drug-likeness (QED) is 0.883. The molecule has 0 radical (unpaired) electrons. The van der Waals surface area contributed by atoms with Crippen LogP contribution in [-0.4, -0.2) is 19.2 Å². The SMILES string of the molecule is CNC1CCC(C)CC1Oc1ccc(C)cc1C. The number of rotatable bonds is 3. The van der Waals surface area contributed by atoms with Gasteiger partial charge < -0.3 is 10.1 Å². The smallest absolute Gasteiger partial charge is 0.122 e. The molecule has 1 fully saturated rings. The minimum atomic E-state index is 0.306. The van der Waals surface area contributed by atoms with Crippen LogP contribution in [0.5, 0.6) is 5.75 Å². The zero-order valence-electron chi connectivity index (χ0n) is 12.0. The average Bonchev–Trinajstić information content (AvgIpc) is 2.33. The highest BCUT2D eigenvalue weighted by Gasteiger charge is 2.29. The van der Waals surface area contributed by atoms with E-state index in [-0.39, 0.29) is 0 Å². The number of nitrogens with one attached hydrogen (secondary N) is 1. The molecule has 1 saturated carbocycles. The van der Waals surface area contributed by atoms with Crippen LogP contribution in [0, 0.1) is 19.8 Å². The fourth-order valence-electron chi connectivity index (χ4n) is 2.88. The standard InChI is InChI=1S/C16H25NO/c1-11-6-8-15(13(3)9-11)18-16-10-12(2)5-7-14(16)17-4/h6,8-9,12,14,16-17H,5,7,10H2,1-4H3. The van der Waals surface area contributed by atoms with Crippen LogP contribution in [0.3, 0.4) is 0 Å². The minimum absolute atomic E-state index is 0.306. The molecule has 0 bridgehead atoms. The summed E-state index contributed by atoms with van der Waals surface area (Å²) in [5.74, 6) is 1.81. The Morgan fingerprint density at radius 1 is 1.22 bits per heavy atom. The Morgan fingerprint density at radius 2 is 2.00 bits per heavy atom. The summed E-state index contributed by atoms with van der Waals surface area (Å²) in [7, 11) is 2.04. The van der Waals surface area contributed by atoms with E-state index in [4.69, 9.17) is 4.74 Å². The van der Waals surface area contributed by atoms with E-state index in [9.17, 15) is 0 Å². The molecule has 2 rings (SSSR count). The molecule has 1 N–H and O–H groups in total. The fraction of sp³-hybridized carbons (Fsp3) is 0.625. The second-order valence-electron chi connectivity index (χ2n) is 5.74. The molecule has 1 aromatic rings. The third kappa shape index (κ3) is 3.05. The highest BCUT2D eigenvalue weighted by atomic mass is 16.5. The van der Waals surface area contributed by atoms with Gasteiger partial charge in [-0.25, -0.2) is 0 Å². The number of hydrogen-bond acceptors (Lipinski definition) is 2. The van der Waals surface area contributed by atoms with Gasteiger partial charge in [0, 0.05) is 6.04 Å². The molecule has 0 heterocycles. The molecular formula is C16H25NO. The van der Waals surface area contributed by atoms with Crippen LogP contribution < -0.4 is 10.1 Å². The summed E-state index contributed by atoms with van der Waals surface area (Å²) in [4.78, 5) is 0. The first-order valence-electron chi connectivity index (χ1n) is 7.01. The van der Waals surface area contributed by atoms with Crippen LogP contribution in [0.15, 0.2) is 18.2 Å². The van der Waals surface area contributed by atoms with Crippen molar-refractivity contribution in [1.29, 1.82) is 0 Å². The van der Waals surface area contributed by atoms with Gasteiger partial charge in [0.25, 0.3) is 0 Å². The van der Waals surface area contributed by atoms with Gasteiger partial charge in [0.2, 0.25) is 0 Å². The molecule has 0 spiro atoms. The van der Waals surface area contributed by atoms with Gasteiger partial charge in [-0.2, -0.15) is 0 Å². The number of ether oxygens (including phenoxy) is 1. The van der Waals surface area contributed by atoms with Gasteiger partial charge in [0.15, 0.2) is 0 Å². The van der Waals surface area contributed by atoms with Gasteiger partial charge in [-0.05, 0) is 57.7 Å². The van der Waals surface area contributed by atoms with E-state index in [1.54, 1.807) is 0 Å². The zero-order chi connectivity index (χ0) is 13.1. The number of benzene rings is 1. The molecule has 3 unspecified atom stereocenters. The second kappa shape index (κ2) is 5.75. The summed E-state index contributed by atoms with van der Waals surface area (Å²) in [6.07, 6.45) is 3.98. The van der Waals surface area contributed by atoms with Gasteiger partial charge >= 0.3 is 0 Å². The summed E-state index contributed by atoms with van der Waals surface area (Å²) in [6, 6.07) is 6.91. The molecule has 100 valence electrons. The molecule has 1 aromatic carbocycles. The van der Waals surface area contributed by atoms with Gasteiger partial charge in [0.05, 0.1) is 0 Å². The Hall–Kier alpha value is -1.02. The molecule has 3 atom stereocenters. The predicted molar refractivity (Wildman–Crippen MR) is 76.2 cm³/mol. The predicted octanol–water partition coefficient (Wildman–Crippen LogP) is 3.46. The van der Waals surface area contributed by atoms with E-state index in [0.717, 1.165) is 18.1 Å². The maximum absolute atomic E-state index is 6.25. The first-order valence-corrected chi connectivity index (χ1v) is 7.01. The Bertz CT molecular complexity index is 402. The molecular weight excluding hydrogens is 222 g/mol. The van der Waals surface area contributed by atoms with Crippen LogP contribution in [0.25, 0.3) is 0 Å². The maximum Gasteiger partial charge on any atom is 0.122 e. The normalized spacial score (nSPS) is 28.1. The van der Waals surface area contributed by atoms with Crippen molar-refractivity contribution in [2.75, 3.05) is 7.05 Å². The molecule has 18 heavy (non-hydrogen) atoms. The summed E-state index contributed by atoms with van der Waals surface area (Å²) < 4.78 is 6.25. The average molecular weight is 247 g/mol. The Labute approximate surface area is 111 Å². The molecule has 2 heteroatoms. The van der Waals surface area contributed by atoms with Crippen LogP contribution >= 0.6 is 0 Å². The first-order chi connectivity index (χ1) is 8.60. The number of likely N-dealkylation sites (N-methyl/N-ethyl adjacent to an activating group) is 1. The summed E-state index contributed by atoms with van der Waals surface area (Å²) in [6.45, 7) is 6.57. The van der Waals surface area contributed by atoms with Crippen molar-refractivity contribution in [3.8, 4) is 5.75 Å². The molecule has 0 amide bonds. The highest BCUT2D eigenvalue weighted by molar-refractivity contribution is 5.35. The monoisotopic (exact) mass is 247 g/mol. The second-order valence-corrected chi connectivity index (χ2v) is 5.74. The molecule has 2 nitrogen and oxygen atoms in total.